The molecule has 0 unspecified atom stereocenters. The van der Waals surface area contributed by atoms with Crippen LogP contribution in [0.1, 0.15) is 44.9 Å². The van der Waals surface area contributed by atoms with Gasteiger partial charge in [0.25, 0.3) is 0 Å². The van der Waals surface area contributed by atoms with Crippen LogP contribution in [0.4, 0.5) is 4.79 Å². The third-order valence-corrected chi connectivity index (χ3v) is 4.45. The molecular weight excluding hydrogens is 258 g/mol. The Morgan fingerprint density at radius 1 is 1.40 bits per heavy atom. The lowest BCUT2D eigenvalue weighted by Gasteiger charge is -2.21. The van der Waals surface area contributed by atoms with E-state index in [0.717, 1.165) is 44.9 Å². The van der Waals surface area contributed by atoms with Crippen molar-refractivity contribution in [3.05, 3.63) is 12.7 Å². The Labute approximate surface area is 119 Å². The first-order chi connectivity index (χ1) is 9.56. The second-order valence-corrected chi connectivity index (χ2v) is 6.07. The molecule has 112 valence electrons. The topological polar surface area (TPSA) is 75.6 Å². The van der Waals surface area contributed by atoms with Gasteiger partial charge in [-0.25, -0.2) is 9.59 Å². The van der Waals surface area contributed by atoms with Gasteiger partial charge < -0.3 is 15.2 Å². The molecule has 20 heavy (non-hydrogen) atoms. The molecule has 5 heteroatoms. The molecule has 2 aliphatic rings. The number of nitrogens with one attached hydrogen (secondary N) is 1. The number of hydrogen-bond donors (Lipinski definition) is 2. The van der Waals surface area contributed by atoms with Crippen LogP contribution in [0, 0.1) is 11.3 Å². The van der Waals surface area contributed by atoms with E-state index in [-0.39, 0.29) is 11.3 Å². The van der Waals surface area contributed by atoms with E-state index >= 15 is 0 Å². The van der Waals surface area contributed by atoms with Crippen molar-refractivity contribution in [3.63, 3.8) is 0 Å². The van der Waals surface area contributed by atoms with Crippen LogP contribution in [0.15, 0.2) is 12.7 Å². The van der Waals surface area contributed by atoms with Gasteiger partial charge in [-0.15, -0.1) is 6.58 Å². The second-order valence-electron chi connectivity index (χ2n) is 6.07. The van der Waals surface area contributed by atoms with Gasteiger partial charge in [-0.1, -0.05) is 18.9 Å². The summed E-state index contributed by atoms with van der Waals surface area (Å²) >= 11 is 0. The first-order valence-electron chi connectivity index (χ1n) is 7.33. The van der Waals surface area contributed by atoms with Gasteiger partial charge in [0.2, 0.25) is 0 Å². The second kappa shape index (κ2) is 6.29. The lowest BCUT2D eigenvalue weighted by molar-refractivity contribution is -0.140. The molecule has 1 amide bonds. The van der Waals surface area contributed by atoms with E-state index in [2.05, 4.69) is 11.9 Å². The van der Waals surface area contributed by atoms with Crippen molar-refractivity contribution in [3.8, 4) is 0 Å². The maximum atomic E-state index is 11.8. The molecule has 2 saturated carbocycles. The normalized spacial score (nSPS) is 22.0. The van der Waals surface area contributed by atoms with Crippen molar-refractivity contribution in [2.45, 2.75) is 51.0 Å². The van der Waals surface area contributed by atoms with Crippen molar-refractivity contribution in [1.82, 2.24) is 5.32 Å². The van der Waals surface area contributed by atoms with Gasteiger partial charge in [-0.2, -0.15) is 0 Å². The van der Waals surface area contributed by atoms with Crippen molar-refractivity contribution < 1.29 is 19.4 Å². The van der Waals surface area contributed by atoms with Crippen LogP contribution in [0.5, 0.6) is 0 Å². The molecule has 0 aromatic carbocycles. The largest absolute Gasteiger partial charge is 0.480 e. The molecule has 0 radical (unpaired) electrons. The number of aliphatic carboxylic acids is 1. The number of rotatable bonds is 7. The predicted molar refractivity (Wildman–Crippen MR) is 74.3 cm³/mol. The molecule has 0 aliphatic heterocycles. The molecule has 5 nitrogen and oxygen atoms in total. The minimum atomic E-state index is -0.971. The highest BCUT2D eigenvalue weighted by molar-refractivity contribution is 5.80. The lowest BCUT2D eigenvalue weighted by Crippen LogP contribution is -2.45. The van der Waals surface area contributed by atoms with Crippen LogP contribution in [0.25, 0.3) is 0 Å². The van der Waals surface area contributed by atoms with Crippen molar-refractivity contribution in [2.75, 3.05) is 6.61 Å². The molecule has 0 bridgehead atoms. The number of allylic oxidation sites excluding steroid dienone is 1. The number of carboxylic acid groups (broad SMARTS) is 1. The molecule has 2 N–H and O–H groups in total. The molecule has 2 fully saturated rings. The molecular formula is C15H23NO4. The Morgan fingerprint density at radius 3 is 2.55 bits per heavy atom. The fourth-order valence-electron chi connectivity index (χ4n) is 2.95. The van der Waals surface area contributed by atoms with Crippen molar-refractivity contribution in [2.24, 2.45) is 11.3 Å². The summed E-state index contributed by atoms with van der Waals surface area (Å²) < 4.78 is 5.20. The Bertz CT molecular complexity index is 383. The third kappa shape index (κ3) is 3.74. The summed E-state index contributed by atoms with van der Waals surface area (Å²) in [6.45, 7) is 4.05. The fraction of sp³-hybridized carbons (Fsp3) is 0.733. The van der Waals surface area contributed by atoms with Crippen LogP contribution >= 0.6 is 0 Å². The van der Waals surface area contributed by atoms with Gasteiger partial charge in [0.05, 0.1) is 6.61 Å². The van der Waals surface area contributed by atoms with E-state index in [4.69, 9.17) is 4.74 Å². The number of carbonyl (C=O) groups is 2. The fourth-order valence-corrected chi connectivity index (χ4v) is 2.95. The highest BCUT2D eigenvalue weighted by Gasteiger charge is 2.43. The van der Waals surface area contributed by atoms with Gasteiger partial charge in [0, 0.05) is 5.41 Å². The maximum absolute atomic E-state index is 11.8. The monoisotopic (exact) mass is 281 g/mol. The smallest absolute Gasteiger partial charge is 0.407 e. The Morgan fingerprint density at radius 2 is 2.05 bits per heavy atom. The number of hydrogen-bond acceptors (Lipinski definition) is 3. The number of ether oxygens (including phenoxy) is 1. The van der Waals surface area contributed by atoms with Gasteiger partial charge in [-0.05, 0) is 38.0 Å². The van der Waals surface area contributed by atoms with E-state index in [1.807, 2.05) is 6.08 Å². The molecule has 0 heterocycles. The van der Waals surface area contributed by atoms with E-state index < -0.39 is 18.1 Å². The first-order valence-corrected chi connectivity index (χ1v) is 7.33. The first kappa shape index (κ1) is 14.9. The van der Waals surface area contributed by atoms with Gasteiger partial charge >= 0.3 is 12.1 Å². The Hall–Kier alpha value is -1.52. The summed E-state index contributed by atoms with van der Waals surface area (Å²) in [5.41, 5.74) is 0.0607. The number of carboxylic acids is 1. The Balaban J connectivity index is 1.79. The van der Waals surface area contributed by atoms with Gasteiger partial charge in [-0.3, -0.25) is 0 Å². The summed E-state index contributed by atoms with van der Waals surface area (Å²) in [6.07, 6.45) is 7.93. The lowest BCUT2D eigenvalue weighted by atomic mass is 9.98. The summed E-state index contributed by atoms with van der Waals surface area (Å²) in [4.78, 5) is 23.0. The summed E-state index contributed by atoms with van der Waals surface area (Å²) in [5.74, 6) is -0.941. The molecule has 2 rings (SSSR count). The summed E-state index contributed by atoms with van der Waals surface area (Å²) in [6, 6.07) is -0.820. The van der Waals surface area contributed by atoms with Crippen LogP contribution in [0.3, 0.4) is 0 Å². The zero-order chi connectivity index (χ0) is 14.6. The minimum absolute atomic E-state index is 0.0307. The zero-order valence-corrected chi connectivity index (χ0v) is 11.8. The standard InChI is InChI=1S/C15H23NO4/c1-2-7-15(8-9-15)10-20-14(19)16-12(13(17)18)11-5-3-4-6-11/h2,11-12H,1,3-10H2,(H,16,19)(H,17,18)/t12-/m0/s1. The molecule has 0 aromatic heterocycles. The van der Waals surface area contributed by atoms with Crippen LogP contribution in [-0.4, -0.2) is 29.8 Å². The van der Waals surface area contributed by atoms with Gasteiger partial charge in [0.15, 0.2) is 0 Å². The van der Waals surface area contributed by atoms with E-state index in [1.165, 1.54) is 0 Å². The predicted octanol–water partition coefficient (Wildman–Crippen LogP) is 2.71. The third-order valence-electron chi connectivity index (χ3n) is 4.45. The molecule has 0 aromatic rings. The molecule has 2 aliphatic carbocycles. The maximum Gasteiger partial charge on any atom is 0.407 e. The summed E-state index contributed by atoms with van der Waals surface area (Å²) in [7, 11) is 0. The van der Waals surface area contributed by atoms with E-state index in [9.17, 15) is 14.7 Å². The highest BCUT2D eigenvalue weighted by atomic mass is 16.5. The zero-order valence-electron chi connectivity index (χ0n) is 11.8. The van der Waals surface area contributed by atoms with Crippen LogP contribution in [-0.2, 0) is 9.53 Å². The average molecular weight is 281 g/mol. The van der Waals surface area contributed by atoms with Crippen molar-refractivity contribution in [1.29, 1.82) is 0 Å². The van der Waals surface area contributed by atoms with Crippen LogP contribution < -0.4 is 5.32 Å². The minimum Gasteiger partial charge on any atom is -0.480 e. The number of amides is 1. The average Bonchev–Trinajstić information content (AvgIpc) is 2.97. The molecule has 0 saturated heterocycles. The van der Waals surface area contributed by atoms with Gasteiger partial charge in [0.1, 0.15) is 6.04 Å². The van der Waals surface area contributed by atoms with Crippen molar-refractivity contribution >= 4 is 12.1 Å². The Kier molecular flexibility index (Phi) is 4.68. The van der Waals surface area contributed by atoms with Crippen LogP contribution in [0.2, 0.25) is 0 Å². The SMILES string of the molecule is C=CCC1(COC(=O)N[C@H](C(=O)O)C2CCCC2)CC1. The quantitative estimate of drug-likeness (QED) is 0.703. The molecule has 1 atom stereocenters. The van der Waals surface area contributed by atoms with E-state index in [1.54, 1.807) is 0 Å². The van der Waals surface area contributed by atoms with E-state index in [0.29, 0.717) is 6.61 Å². The number of carbonyl (C=O) groups excluding carboxylic acids is 1. The number of alkyl carbamates (subject to hydrolysis) is 1. The molecule has 0 spiro atoms. The summed E-state index contributed by atoms with van der Waals surface area (Å²) in [5, 5.41) is 11.7. The highest BCUT2D eigenvalue weighted by Crippen LogP contribution is 2.49.